The summed E-state index contributed by atoms with van der Waals surface area (Å²) in [6, 6.07) is 6.77. The highest BCUT2D eigenvalue weighted by molar-refractivity contribution is 6.29. The molecular weight excluding hydrogens is 359 g/mol. The Morgan fingerprint density at radius 1 is 1.35 bits per heavy atom. The van der Waals surface area contributed by atoms with Crippen LogP contribution in [0.3, 0.4) is 0 Å². The number of amides is 1. The lowest BCUT2D eigenvalue weighted by molar-refractivity contribution is -0.116. The van der Waals surface area contributed by atoms with Crippen molar-refractivity contribution in [1.82, 2.24) is 20.2 Å². The zero-order chi connectivity index (χ0) is 18.5. The van der Waals surface area contributed by atoms with Gasteiger partial charge in [0, 0.05) is 24.4 Å². The highest BCUT2D eigenvalue weighted by atomic mass is 35.5. The number of anilines is 1. The molecule has 3 aromatic heterocycles. The van der Waals surface area contributed by atoms with Gasteiger partial charge < -0.3 is 5.32 Å². The Morgan fingerprint density at radius 2 is 2.19 bits per heavy atom. The first-order chi connectivity index (χ1) is 12.6. The zero-order valence-electron chi connectivity index (χ0n) is 13.3. The number of pyridine rings is 2. The summed E-state index contributed by atoms with van der Waals surface area (Å²) < 4.78 is 13.9. The van der Waals surface area contributed by atoms with Crippen LogP contribution in [-0.4, -0.2) is 26.1 Å². The lowest BCUT2D eigenvalue weighted by Crippen LogP contribution is -2.13. The van der Waals surface area contributed by atoms with Crippen molar-refractivity contribution in [3.63, 3.8) is 0 Å². The molecule has 3 heterocycles. The average molecular weight is 371 g/mol. The van der Waals surface area contributed by atoms with Crippen LogP contribution in [0.15, 0.2) is 36.8 Å². The standard InChI is InChI=1S/C17H12ClFN6O/c18-14-3-1-10(8-22-14)2-4-15(26)23-17-12(7-20)16(24-25-17)11-5-6-21-9-13(11)19/h1,3,5-6,8-9H,2,4H2,(H2,23,24,25,26). The van der Waals surface area contributed by atoms with Gasteiger partial charge in [-0.15, -0.1) is 0 Å². The van der Waals surface area contributed by atoms with Gasteiger partial charge in [0.25, 0.3) is 0 Å². The number of nitrogens with zero attached hydrogens (tertiary/aromatic N) is 4. The van der Waals surface area contributed by atoms with Crippen LogP contribution >= 0.6 is 11.6 Å². The van der Waals surface area contributed by atoms with Gasteiger partial charge in [-0.3, -0.25) is 14.9 Å². The first-order valence-corrected chi connectivity index (χ1v) is 7.95. The highest BCUT2D eigenvalue weighted by Gasteiger charge is 2.19. The minimum Gasteiger partial charge on any atom is -0.310 e. The fourth-order valence-corrected chi connectivity index (χ4v) is 2.43. The summed E-state index contributed by atoms with van der Waals surface area (Å²) >= 11 is 5.72. The van der Waals surface area contributed by atoms with Crippen molar-refractivity contribution in [2.75, 3.05) is 5.32 Å². The molecule has 0 radical (unpaired) electrons. The predicted octanol–water partition coefficient (Wildman–Crippen LogP) is 3.10. The molecule has 7 nitrogen and oxygen atoms in total. The molecule has 9 heteroatoms. The van der Waals surface area contributed by atoms with Crippen LogP contribution < -0.4 is 5.32 Å². The van der Waals surface area contributed by atoms with Crippen molar-refractivity contribution in [2.45, 2.75) is 12.8 Å². The average Bonchev–Trinajstić information content (AvgIpc) is 3.04. The number of carbonyl (C=O) groups excluding carboxylic acids is 1. The summed E-state index contributed by atoms with van der Waals surface area (Å²) in [5.41, 5.74) is 1.15. The van der Waals surface area contributed by atoms with Crippen LogP contribution in [-0.2, 0) is 11.2 Å². The van der Waals surface area contributed by atoms with E-state index >= 15 is 0 Å². The number of rotatable bonds is 5. The molecule has 0 aliphatic heterocycles. The van der Waals surface area contributed by atoms with Crippen molar-refractivity contribution in [2.24, 2.45) is 0 Å². The fourth-order valence-electron chi connectivity index (χ4n) is 2.32. The Hall–Kier alpha value is -3.31. The molecule has 0 aliphatic carbocycles. The lowest BCUT2D eigenvalue weighted by atomic mass is 10.1. The van der Waals surface area contributed by atoms with Crippen molar-refractivity contribution in [3.8, 4) is 17.3 Å². The number of halogens is 2. The number of carbonyl (C=O) groups is 1. The molecule has 0 aliphatic rings. The van der Waals surface area contributed by atoms with E-state index in [4.69, 9.17) is 11.6 Å². The third kappa shape index (κ3) is 3.84. The monoisotopic (exact) mass is 370 g/mol. The first kappa shape index (κ1) is 17.5. The first-order valence-electron chi connectivity index (χ1n) is 7.57. The number of nitrogens with one attached hydrogen (secondary N) is 2. The molecule has 3 aromatic rings. The van der Waals surface area contributed by atoms with Crippen LogP contribution in [0.1, 0.15) is 17.5 Å². The Labute approximate surface area is 152 Å². The molecular formula is C17H12ClFN6O. The van der Waals surface area contributed by atoms with E-state index in [0.29, 0.717) is 11.6 Å². The Balaban J connectivity index is 1.72. The number of H-pyrrole nitrogens is 1. The number of aromatic amines is 1. The van der Waals surface area contributed by atoms with Gasteiger partial charge in [-0.1, -0.05) is 17.7 Å². The largest absolute Gasteiger partial charge is 0.310 e. The SMILES string of the molecule is N#Cc1c(-c2ccncc2F)n[nH]c1NC(=O)CCc1ccc(Cl)nc1. The van der Waals surface area contributed by atoms with Crippen molar-refractivity contribution in [1.29, 1.82) is 5.26 Å². The summed E-state index contributed by atoms with van der Waals surface area (Å²) in [5, 5.41) is 18.8. The summed E-state index contributed by atoms with van der Waals surface area (Å²) in [4.78, 5) is 19.7. The van der Waals surface area contributed by atoms with Crippen LogP contribution in [0.2, 0.25) is 5.15 Å². The van der Waals surface area contributed by atoms with E-state index in [9.17, 15) is 14.4 Å². The van der Waals surface area contributed by atoms with Gasteiger partial charge in [0.15, 0.2) is 5.82 Å². The Morgan fingerprint density at radius 3 is 2.88 bits per heavy atom. The summed E-state index contributed by atoms with van der Waals surface area (Å²) in [6.07, 6.45) is 4.65. The maximum atomic E-state index is 13.9. The number of aromatic nitrogens is 4. The molecule has 2 N–H and O–H groups in total. The van der Waals surface area contributed by atoms with Gasteiger partial charge >= 0.3 is 0 Å². The topological polar surface area (TPSA) is 107 Å². The minimum absolute atomic E-state index is 0.0524. The number of hydrogen-bond donors (Lipinski definition) is 2. The number of hydrogen-bond acceptors (Lipinski definition) is 5. The second-order valence-corrected chi connectivity index (χ2v) is 5.71. The Kier molecular flexibility index (Phi) is 5.20. The fraction of sp³-hybridized carbons (Fsp3) is 0.118. The van der Waals surface area contributed by atoms with E-state index in [-0.39, 0.29) is 35.0 Å². The molecule has 1 amide bonds. The number of aryl methyl sites for hydroxylation is 1. The van der Waals surface area contributed by atoms with E-state index in [2.05, 4.69) is 25.5 Å². The van der Waals surface area contributed by atoms with Gasteiger partial charge in [0.2, 0.25) is 5.91 Å². The smallest absolute Gasteiger partial charge is 0.225 e. The van der Waals surface area contributed by atoms with Gasteiger partial charge in [0.1, 0.15) is 28.3 Å². The van der Waals surface area contributed by atoms with Crippen molar-refractivity contribution in [3.05, 3.63) is 58.9 Å². The molecule has 0 unspecified atom stereocenters. The molecule has 0 saturated carbocycles. The molecule has 0 fully saturated rings. The van der Waals surface area contributed by atoms with Crippen LogP contribution in [0.5, 0.6) is 0 Å². The molecule has 130 valence electrons. The molecule has 3 rings (SSSR count). The summed E-state index contributed by atoms with van der Waals surface area (Å²) in [5.74, 6) is -0.802. The molecule has 0 atom stereocenters. The van der Waals surface area contributed by atoms with E-state index in [0.717, 1.165) is 11.8 Å². The highest BCUT2D eigenvalue weighted by Crippen LogP contribution is 2.27. The third-order valence-corrected chi connectivity index (χ3v) is 3.82. The molecule has 0 saturated heterocycles. The Bertz CT molecular complexity index is 980. The van der Waals surface area contributed by atoms with Crippen LogP contribution in [0.25, 0.3) is 11.3 Å². The molecule has 0 bridgehead atoms. The normalized spacial score (nSPS) is 10.3. The predicted molar refractivity (Wildman–Crippen MR) is 92.7 cm³/mol. The molecule has 26 heavy (non-hydrogen) atoms. The zero-order valence-corrected chi connectivity index (χ0v) is 14.1. The van der Waals surface area contributed by atoms with E-state index in [1.165, 1.54) is 12.3 Å². The number of nitriles is 1. The maximum absolute atomic E-state index is 13.9. The summed E-state index contributed by atoms with van der Waals surface area (Å²) in [6.45, 7) is 0. The van der Waals surface area contributed by atoms with Crippen molar-refractivity contribution >= 4 is 23.3 Å². The van der Waals surface area contributed by atoms with Gasteiger partial charge in [0.05, 0.1) is 6.20 Å². The quantitative estimate of drug-likeness (QED) is 0.671. The minimum atomic E-state index is -0.608. The molecule has 0 spiro atoms. The second-order valence-electron chi connectivity index (χ2n) is 5.33. The lowest BCUT2D eigenvalue weighted by Gasteiger charge is -2.04. The third-order valence-electron chi connectivity index (χ3n) is 3.60. The van der Waals surface area contributed by atoms with Crippen LogP contribution in [0.4, 0.5) is 10.2 Å². The van der Waals surface area contributed by atoms with E-state index < -0.39 is 5.82 Å². The van der Waals surface area contributed by atoms with Crippen LogP contribution in [0, 0.1) is 17.1 Å². The van der Waals surface area contributed by atoms with Gasteiger partial charge in [-0.05, 0) is 24.1 Å². The maximum Gasteiger partial charge on any atom is 0.225 e. The summed E-state index contributed by atoms with van der Waals surface area (Å²) in [7, 11) is 0. The van der Waals surface area contributed by atoms with E-state index in [1.807, 2.05) is 6.07 Å². The second kappa shape index (κ2) is 7.72. The van der Waals surface area contributed by atoms with Crippen molar-refractivity contribution < 1.29 is 9.18 Å². The van der Waals surface area contributed by atoms with E-state index in [1.54, 1.807) is 18.3 Å². The molecule has 0 aromatic carbocycles. The van der Waals surface area contributed by atoms with Gasteiger partial charge in [-0.25, -0.2) is 9.37 Å². The van der Waals surface area contributed by atoms with Gasteiger partial charge in [-0.2, -0.15) is 10.4 Å².